The molecular formula is C16H21ClN4O2S. The molecule has 6 nitrogen and oxygen atoms in total. The second-order valence-electron chi connectivity index (χ2n) is 7.06. The molecule has 8 heteroatoms. The quantitative estimate of drug-likeness (QED) is 0.804. The maximum Gasteiger partial charge on any atom is 0.193 e. The molecule has 3 heterocycles. The molecule has 3 rings (SSSR count). The maximum atomic E-state index is 12.0. The van der Waals surface area contributed by atoms with Crippen molar-refractivity contribution < 1.29 is 8.42 Å². The summed E-state index contributed by atoms with van der Waals surface area (Å²) in [5.41, 5.74) is 3.15. The number of allylic oxidation sites excluding steroid dienone is 2. The van der Waals surface area contributed by atoms with Gasteiger partial charge in [0.05, 0.1) is 11.2 Å². The Hall–Kier alpha value is -1.60. The molecule has 24 heavy (non-hydrogen) atoms. The van der Waals surface area contributed by atoms with Gasteiger partial charge in [0.2, 0.25) is 0 Å². The summed E-state index contributed by atoms with van der Waals surface area (Å²) in [7, 11) is -1.88. The highest BCUT2D eigenvalue weighted by Gasteiger charge is 2.39. The van der Waals surface area contributed by atoms with Crippen molar-refractivity contribution in [3.63, 3.8) is 0 Å². The number of hydrogen-bond acceptors (Lipinski definition) is 5. The number of halogens is 1. The van der Waals surface area contributed by atoms with Crippen LogP contribution in [0, 0.1) is 0 Å². The van der Waals surface area contributed by atoms with Crippen molar-refractivity contribution in [3.8, 4) is 0 Å². The minimum absolute atomic E-state index is 0.0303. The van der Waals surface area contributed by atoms with Crippen LogP contribution in [0.15, 0.2) is 27.2 Å². The normalized spacial score (nSPS) is 20.2. The molecule has 1 aromatic heterocycles. The van der Waals surface area contributed by atoms with E-state index in [1.807, 2.05) is 19.9 Å². The largest absolute Gasteiger partial charge is 0.322 e. The SMILES string of the molecule is CC1=CC(C)=C(c2nn(C)c(S(C)(=O)=O)c2Cl)N2CC(C)(C)N=C12. The molecule has 0 spiro atoms. The van der Waals surface area contributed by atoms with Crippen molar-refractivity contribution in [1.29, 1.82) is 0 Å². The van der Waals surface area contributed by atoms with Gasteiger partial charge in [-0.3, -0.25) is 9.67 Å². The molecule has 130 valence electrons. The van der Waals surface area contributed by atoms with Crippen LogP contribution >= 0.6 is 11.6 Å². The van der Waals surface area contributed by atoms with Crippen LogP contribution in [0.5, 0.6) is 0 Å². The fraction of sp³-hybridized carbons (Fsp3) is 0.500. The molecule has 2 aliphatic rings. The third-order valence-corrected chi connectivity index (χ3v) is 5.79. The molecule has 0 fully saturated rings. The topological polar surface area (TPSA) is 67.6 Å². The van der Waals surface area contributed by atoms with Gasteiger partial charge < -0.3 is 4.90 Å². The van der Waals surface area contributed by atoms with E-state index < -0.39 is 9.84 Å². The summed E-state index contributed by atoms with van der Waals surface area (Å²) in [4.78, 5) is 6.87. The van der Waals surface area contributed by atoms with Crippen molar-refractivity contribution >= 4 is 33.0 Å². The fourth-order valence-electron chi connectivity index (χ4n) is 3.35. The minimum atomic E-state index is -3.47. The van der Waals surface area contributed by atoms with Gasteiger partial charge in [-0.1, -0.05) is 17.7 Å². The van der Waals surface area contributed by atoms with Crippen molar-refractivity contribution in [2.24, 2.45) is 12.0 Å². The lowest BCUT2D eigenvalue weighted by molar-refractivity contribution is 0.459. The van der Waals surface area contributed by atoms with Crippen LogP contribution in [0.2, 0.25) is 5.02 Å². The first-order valence-corrected chi connectivity index (χ1v) is 9.89. The third-order valence-electron chi connectivity index (χ3n) is 4.15. The number of nitrogens with zero attached hydrogens (tertiary/aromatic N) is 4. The zero-order valence-electron chi connectivity index (χ0n) is 14.7. The highest BCUT2D eigenvalue weighted by Crippen LogP contribution is 2.40. The summed E-state index contributed by atoms with van der Waals surface area (Å²) < 4.78 is 25.4. The smallest absolute Gasteiger partial charge is 0.193 e. The van der Waals surface area contributed by atoms with Crippen molar-refractivity contribution in [1.82, 2.24) is 14.7 Å². The van der Waals surface area contributed by atoms with Crippen molar-refractivity contribution in [3.05, 3.63) is 27.9 Å². The fourth-order valence-corrected chi connectivity index (χ4v) is 4.97. The van der Waals surface area contributed by atoms with Gasteiger partial charge in [0, 0.05) is 19.8 Å². The van der Waals surface area contributed by atoms with E-state index in [0.29, 0.717) is 12.2 Å². The van der Waals surface area contributed by atoms with Crippen LogP contribution in [0.3, 0.4) is 0 Å². The number of amidine groups is 1. The van der Waals surface area contributed by atoms with E-state index >= 15 is 0 Å². The van der Waals surface area contributed by atoms with Crippen LogP contribution in [-0.4, -0.2) is 47.3 Å². The first kappa shape index (κ1) is 17.2. The van der Waals surface area contributed by atoms with Gasteiger partial charge in [0.15, 0.2) is 14.9 Å². The zero-order valence-corrected chi connectivity index (χ0v) is 16.2. The highest BCUT2D eigenvalue weighted by molar-refractivity contribution is 7.90. The Kier molecular flexibility index (Phi) is 3.73. The Bertz CT molecular complexity index is 936. The number of aryl methyl sites for hydroxylation is 1. The van der Waals surface area contributed by atoms with Crippen LogP contribution in [0.4, 0.5) is 0 Å². The highest BCUT2D eigenvalue weighted by atomic mass is 35.5. The summed E-state index contributed by atoms with van der Waals surface area (Å²) in [6, 6.07) is 0. The molecule has 0 radical (unpaired) electrons. The van der Waals surface area contributed by atoms with E-state index in [9.17, 15) is 8.42 Å². The van der Waals surface area contributed by atoms with E-state index in [0.717, 1.165) is 28.9 Å². The Morgan fingerprint density at radius 3 is 2.46 bits per heavy atom. The summed E-state index contributed by atoms with van der Waals surface area (Å²) in [6.45, 7) is 8.84. The summed E-state index contributed by atoms with van der Waals surface area (Å²) in [5, 5.41) is 4.59. The van der Waals surface area contributed by atoms with E-state index in [1.54, 1.807) is 7.05 Å². The van der Waals surface area contributed by atoms with Crippen molar-refractivity contribution in [2.45, 2.75) is 38.3 Å². The second-order valence-corrected chi connectivity index (χ2v) is 9.37. The monoisotopic (exact) mass is 368 g/mol. The molecule has 0 unspecified atom stereocenters. The van der Waals surface area contributed by atoms with Gasteiger partial charge in [-0.15, -0.1) is 0 Å². The molecule has 0 bridgehead atoms. The molecule has 0 saturated heterocycles. The number of sulfone groups is 1. The van der Waals surface area contributed by atoms with Crippen LogP contribution in [-0.2, 0) is 16.9 Å². The standard InChI is InChI=1S/C16H21ClN4O2S/c1-9-7-10(2)14-18-16(3,4)8-21(14)13(9)12-11(17)15(20(5)19-12)24(6,22)23/h7H,8H2,1-6H3. The predicted molar refractivity (Wildman–Crippen MR) is 95.9 cm³/mol. The Morgan fingerprint density at radius 2 is 1.92 bits per heavy atom. The van der Waals surface area contributed by atoms with Gasteiger partial charge in [0.1, 0.15) is 16.6 Å². The molecule has 0 atom stereocenters. The summed E-state index contributed by atoms with van der Waals surface area (Å²) >= 11 is 6.43. The van der Waals surface area contributed by atoms with Crippen LogP contribution in [0.1, 0.15) is 33.4 Å². The average molecular weight is 369 g/mol. The summed E-state index contributed by atoms with van der Waals surface area (Å²) in [5.74, 6) is 0.892. The minimum Gasteiger partial charge on any atom is -0.322 e. The average Bonchev–Trinajstić information content (AvgIpc) is 2.86. The van der Waals surface area contributed by atoms with Gasteiger partial charge >= 0.3 is 0 Å². The Labute approximate surface area is 147 Å². The lowest BCUT2D eigenvalue weighted by Crippen LogP contribution is -2.34. The number of rotatable bonds is 2. The second kappa shape index (κ2) is 5.20. The van der Waals surface area contributed by atoms with E-state index in [-0.39, 0.29) is 15.6 Å². The number of aromatic nitrogens is 2. The maximum absolute atomic E-state index is 12.0. The lowest BCUT2D eigenvalue weighted by atomic mass is 10.0. The lowest BCUT2D eigenvalue weighted by Gasteiger charge is -2.29. The van der Waals surface area contributed by atoms with E-state index in [1.165, 1.54) is 4.68 Å². The van der Waals surface area contributed by atoms with Gasteiger partial charge in [-0.25, -0.2) is 8.42 Å². The first-order valence-electron chi connectivity index (χ1n) is 7.62. The van der Waals surface area contributed by atoms with Crippen LogP contribution < -0.4 is 0 Å². The molecule has 2 aliphatic heterocycles. The van der Waals surface area contributed by atoms with E-state index in [4.69, 9.17) is 16.6 Å². The Morgan fingerprint density at radius 1 is 1.29 bits per heavy atom. The molecular weight excluding hydrogens is 348 g/mol. The zero-order chi connectivity index (χ0) is 18.0. The van der Waals surface area contributed by atoms with Gasteiger partial charge in [-0.2, -0.15) is 5.10 Å². The first-order chi connectivity index (χ1) is 10.9. The van der Waals surface area contributed by atoms with E-state index in [2.05, 4.69) is 23.8 Å². The summed E-state index contributed by atoms with van der Waals surface area (Å²) in [6.07, 6.45) is 3.18. The molecule has 0 amide bonds. The van der Waals surface area contributed by atoms with Gasteiger partial charge in [-0.05, 0) is 38.8 Å². The molecule has 0 aromatic carbocycles. The van der Waals surface area contributed by atoms with Crippen LogP contribution in [0.25, 0.3) is 5.70 Å². The Balaban J connectivity index is 2.24. The molecule has 0 saturated carbocycles. The molecule has 0 N–H and O–H groups in total. The molecule has 0 aliphatic carbocycles. The number of aliphatic imine (C=N–C) groups is 1. The molecule has 1 aromatic rings. The third kappa shape index (κ3) is 2.59. The number of hydrogen-bond donors (Lipinski definition) is 0. The van der Waals surface area contributed by atoms with Crippen molar-refractivity contribution in [2.75, 3.05) is 12.8 Å². The van der Waals surface area contributed by atoms with Gasteiger partial charge in [0.25, 0.3) is 0 Å². The number of fused-ring (bicyclic) bond motifs is 1. The predicted octanol–water partition coefficient (Wildman–Crippen LogP) is 2.66.